The van der Waals surface area contributed by atoms with E-state index in [2.05, 4.69) is 9.97 Å². The fourth-order valence-electron chi connectivity index (χ4n) is 3.02. The van der Waals surface area contributed by atoms with Crippen LogP contribution in [0.2, 0.25) is 0 Å². The number of H-pyrrole nitrogens is 1. The van der Waals surface area contributed by atoms with Crippen LogP contribution in [0.4, 0.5) is 0 Å². The van der Waals surface area contributed by atoms with E-state index >= 15 is 0 Å². The van der Waals surface area contributed by atoms with Gasteiger partial charge in [-0.3, -0.25) is 9.59 Å². The molecule has 0 atom stereocenters. The summed E-state index contributed by atoms with van der Waals surface area (Å²) in [5, 5.41) is 0. The largest absolute Gasteiger partial charge is 0.334 e. The molecule has 1 amide bonds. The van der Waals surface area contributed by atoms with Gasteiger partial charge in [-0.1, -0.05) is 6.07 Å². The zero-order chi connectivity index (χ0) is 16.5. The van der Waals surface area contributed by atoms with E-state index in [9.17, 15) is 9.59 Å². The summed E-state index contributed by atoms with van der Waals surface area (Å²) in [5.74, 6) is -0.0714. The summed E-state index contributed by atoms with van der Waals surface area (Å²) in [6.45, 7) is 0.862. The molecule has 0 spiro atoms. The molecule has 24 heavy (non-hydrogen) atoms. The second-order valence-electron chi connectivity index (χ2n) is 5.77. The molecule has 0 aliphatic carbocycles. The van der Waals surface area contributed by atoms with Crippen molar-refractivity contribution in [1.29, 1.82) is 0 Å². The van der Waals surface area contributed by atoms with Crippen molar-refractivity contribution in [1.82, 2.24) is 19.4 Å². The van der Waals surface area contributed by atoms with Crippen molar-refractivity contribution >= 4 is 5.91 Å². The van der Waals surface area contributed by atoms with Gasteiger partial charge < -0.3 is 14.5 Å². The van der Waals surface area contributed by atoms with Crippen LogP contribution in [-0.4, -0.2) is 31.9 Å². The summed E-state index contributed by atoms with van der Waals surface area (Å²) < 4.78 is 1.96. The smallest absolute Gasteiger partial charge is 0.255 e. The van der Waals surface area contributed by atoms with Gasteiger partial charge in [0.25, 0.3) is 11.5 Å². The Bertz CT molecular complexity index is 944. The molecule has 0 unspecified atom stereocenters. The van der Waals surface area contributed by atoms with Gasteiger partial charge in [0.1, 0.15) is 0 Å². The molecule has 6 heteroatoms. The molecular weight excluding hydrogens is 304 g/mol. The van der Waals surface area contributed by atoms with Crippen LogP contribution in [0.5, 0.6) is 0 Å². The minimum Gasteiger partial charge on any atom is -0.334 e. The van der Waals surface area contributed by atoms with E-state index < -0.39 is 0 Å². The Morgan fingerprint density at radius 1 is 1.17 bits per heavy atom. The maximum Gasteiger partial charge on any atom is 0.255 e. The number of hydrogen-bond acceptors (Lipinski definition) is 3. The summed E-state index contributed by atoms with van der Waals surface area (Å²) in [7, 11) is 0. The van der Waals surface area contributed by atoms with Crippen LogP contribution in [0.1, 0.15) is 21.6 Å². The summed E-state index contributed by atoms with van der Waals surface area (Å²) in [5.41, 5.74) is 2.74. The van der Waals surface area contributed by atoms with E-state index in [-0.39, 0.29) is 11.5 Å². The Morgan fingerprint density at radius 3 is 2.83 bits per heavy atom. The van der Waals surface area contributed by atoms with E-state index in [1.54, 1.807) is 11.0 Å². The summed E-state index contributed by atoms with van der Waals surface area (Å²) >= 11 is 0. The van der Waals surface area contributed by atoms with E-state index in [1.807, 2.05) is 47.3 Å². The molecule has 0 saturated carbocycles. The van der Waals surface area contributed by atoms with Crippen LogP contribution >= 0.6 is 0 Å². The molecular formula is C18H16N4O2. The Kier molecular flexibility index (Phi) is 3.49. The predicted molar refractivity (Wildman–Crippen MR) is 89.1 cm³/mol. The molecule has 4 rings (SSSR count). The van der Waals surface area contributed by atoms with E-state index in [1.165, 1.54) is 6.33 Å². The zero-order valence-corrected chi connectivity index (χ0v) is 13.0. The van der Waals surface area contributed by atoms with Crippen LogP contribution in [-0.2, 0) is 13.0 Å². The minimum atomic E-state index is -0.168. The maximum absolute atomic E-state index is 12.8. The number of nitrogens with one attached hydrogen (secondary N) is 1. The number of nitrogens with zero attached hydrogens (tertiary/aromatic N) is 3. The first-order valence-corrected chi connectivity index (χ1v) is 7.80. The van der Waals surface area contributed by atoms with Crippen molar-refractivity contribution in [3.8, 4) is 5.69 Å². The lowest BCUT2D eigenvalue weighted by Gasteiger charge is -2.27. The molecule has 6 nitrogen and oxygen atoms in total. The monoisotopic (exact) mass is 320 g/mol. The first-order valence-electron chi connectivity index (χ1n) is 7.80. The fraction of sp³-hybridized carbons (Fsp3) is 0.167. The highest BCUT2D eigenvalue weighted by Crippen LogP contribution is 2.18. The molecule has 0 fully saturated rings. The van der Waals surface area contributed by atoms with Crippen molar-refractivity contribution in [3.63, 3.8) is 0 Å². The molecule has 0 bridgehead atoms. The lowest BCUT2D eigenvalue weighted by atomic mass is 10.1. The number of amides is 1. The molecule has 1 N–H and O–H groups in total. The van der Waals surface area contributed by atoms with Crippen molar-refractivity contribution in [2.24, 2.45) is 0 Å². The molecule has 0 saturated heterocycles. The van der Waals surface area contributed by atoms with Gasteiger partial charge in [-0.2, -0.15) is 0 Å². The van der Waals surface area contributed by atoms with Crippen LogP contribution in [0.25, 0.3) is 5.69 Å². The number of fused-ring (bicyclic) bond motifs is 1. The highest BCUT2D eigenvalue weighted by atomic mass is 16.2. The highest BCUT2D eigenvalue weighted by molar-refractivity contribution is 5.94. The second-order valence-corrected chi connectivity index (χ2v) is 5.77. The van der Waals surface area contributed by atoms with Crippen LogP contribution in [0.3, 0.4) is 0 Å². The molecule has 3 aromatic rings. The van der Waals surface area contributed by atoms with Crippen molar-refractivity contribution in [2.75, 3.05) is 6.54 Å². The third kappa shape index (κ3) is 2.52. The van der Waals surface area contributed by atoms with E-state index in [0.717, 1.165) is 11.4 Å². The van der Waals surface area contributed by atoms with Crippen LogP contribution in [0.15, 0.2) is 59.9 Å². The lowest BCUT2D eigenvalue weighted by Crippen LogP contribution is -2.39. The number of benzene rings is 1. The first kappa shape index (κ1) is 14.4. The molecule has 1 aromatic carbocycles. The second kappa shape index (κ2) is 5.81. The van der Waals surface area contributed by atoms with Gasteiger partial charge in [0.05, 0.1) is 24.1 Å². The lowest BCUT2D eigenvalue weighted by molar-refractivity contribution is 0.0732. The van der Waals surface area contributed by atoms with Gasteiger partial charge in [0, 0.05) is 36.6 Å². The summed E-state index contributed by atoms with van der Waals surface area (Å²) in [6.07, 6.45) is 5.89. The third-order valence-electron chi connectivity index (χ3n) is 4.29. The van der Waals surface area contributed by atoms with Gasteiger partial charge in [-0.25, -0.2) is 4.98 Å². The fourth-order valence-corrected chi connectivity index (χ4v) is 3.02. The molecule has 3 heterocycles. The number of carbonyl (C=O) groups excluding carboxylic acids is 1. The summed E-state index contributed by atoms with van der Waals surface area (Å²) in [4.78, 5) is 33.2. The van der Waals surface area contributed by atoms with E-state index in [4.69, 9.17) is 0 Å². The first-order chi connectivity index (χ1) is 11.7. The average Bonchev–Trinajstić information content (AvgIpc) is 3.16. The number of aromatic nitrogens is 3. The Balaban J connectivity index is 1.62. The number of hydrogen-bond donors (Lipinski definition) is 1. The van der Waals surface area contributed by atoms with E-state index in [0.29, 0.717) is 30.6 Å². The highest BCUT2D eigenvalue weighted by Gasteiger charge is 2.24. The quantitative estimate of drug-likeness (QED) is 0.782. The summed E-state index contributed by atoms with van der Waals surface area (Å²) in [6, 6.07) is 11.4. The van der Waals surface area contributed by atoms with Crippen molar-refractivity contribution in [3.05, 3.63) is 82.3 Å². The van der Waals surface area contributed by atoms with Gasteiger partial charge in [-0.15, -0.1) is 0 Å². The molecule has 1 aliphatic rings. The molecule has 0 radical (unpaired) electrons. The molecule has 2 aromatic heterocycles. The average molecular weight is 320 g/mol. The van der Waals surface area contributed by atoms with Gasteiger partial charge >= 0.3 is 0 Å². The van der Waals surface area contributed by atoms with Crippen LogP contribution in [0, 0.1) is 0 Å². The van der Waals surface area contributed by atoms with Gasteiger partial charge in [0.15, 0.2) is 0 Å². The Hall–Kier alpha value is -3.15. The Labute approximate surface area is 138 Å². The third-order valence-corrected chi connectivity index (χ3v) is 4.29. The molecule has 1 aliphatic heterocycles. The van der Waals surface area contributed by atoms with Gasteiger partial charge in [0.2, 0.25) is 0 Å². The molecule has 120 valence electrons. The van der Waals surface area contributed by atoms with Crippen LogP contribution < -0.4 is 5.56 Å². The standard InChI is InChI=1S/C18H16N4O2/c23-17-15-11-22(9-6-16(15)19-12-20-17)18(24)13-4-3-5-14(10-13)21-7-1-2-8-21/h1-5,7-8,10,12H,6,9,11H2,(H,19,20,23). The number of carbonyl (C=O) groups is 1. The topological polar surface area (TPSA) is 71.0 Å². The SMILES string of the molecule is O=C(c1cccc(-n2cccc2)c1)N1CCc2nc[nH]c(=O)c2C1. The van der Waals surface area contributed by atoms with Crippen molar-refractivity contribution < 1.29 is 4.79 Å². The predicted octanol–water partition coefficient (Wildman–Crippen LogP) is 1.76. The number of rotatable bonds is 2. The van der Waals surface area contributed by atoms with Gasteiger partial charge in [-0.05, 0) is 30.3 Å². The zero-order valence-electron chi connectivity index (χ0n) is 13.0. The van der Waals surface area contributed by atoms with Crippen molar-refractivity contribution in [2.45, 2.75) is 13.0 Å². The minimum absolute atomic E-state index is 0.0714. The normalized spacial score (nSPS) is 13.6. The maximum atomic E-state index is 12.8. The Morgan fingerprint density at radius 2 is 2.00 bits per heavy atom. The number of aromatic amines is 1.